The highest BCUT2D eigenvalue weighted by molar-refractivity contribution is 4.89. The third-order valence-electron chi connectivity index (χ3n) is 5.62. The van der Waals surface area contributed by atoms with Crippen molar-refractivity contribution in [1.29, 1.82) is 0 Å². The predicted octanol–water partition coefficient (Wildman–Crippen LogP) is 7.40. The maximum atomic E-state index is 2.48. The zero-order chi connectivity index (χ0) is 19.0. The summed E-state index contributed by atoms with van der Waals surface area (Å²) in [4.78, 5) is 0. The molecule has 0 saturated carbocycles. The largest absolute Gasteiger partial charge is 0.258 e. The molecule has 1 heterocycles. The van der Waals surface area contributed by atoms with E-state index in [0.29, 0.717) is 5.92 Å². The molecule has 2 nitrogen and oxygen atoms in total. The summed E-state index contributed by atoms with van der Waals surface area (Å²) >= 11 is 0. The number of rotatable bonds is 17. The quantitative estimate of drug-likeness (QED) is 0.201. The fraction of sp³-hybridized carbons (Fsp3) is 0.875. The van der Waals surface area contributed by atoms with Gasteiger partial charge in [-0.15, -0.1) is 0 Å². The first kappa shape index (κ1) is 23.2. The molecule has 0 spiro atoms. The Morgan fingerprint density at radius 3 is 1.62 bits per heavy atom. The third-order valence-corrected chi connectivity index (χ3v) is 5.62. The topological polar surface area (TPSA) is 8.81 Å². The van der Waals surface area contributed by atoms with Crippen molar-refractivity contribution in [1.82, 2.24) is 4.57 Å². The van der Waals surface area contributed by atoms with Crippen LogP contribution in [0.4, 0.5) is 0 Å². The van der Waals surface area contributed by atoms with Crippen LogP contribution in [0.15, 0.2) is 12.4 Å². The Morgan fingerprint density at radius 2 is 1.19 bits per heavy atom. The highest BCUT2D eigenvalue weighted by Crippen LogP contribution is 2.14. The maximum Gasteiger partial charge on any atom is 0.258 e. The molecule has 0 amide bonds. The van der Waals surface area contributed by atoms with Gasteiger partial charge >= 0.3 is 0 Å². The van der Waals surface area contributed by atoms with Crippen molar-refractivity contribution in [2.24, 2.45) is 0 Å². The van der Waals surface area contributed by atoms with Crippen molar-refractivity contribution in [3.8, 4) is 0 Å². The summed E-state index contributed by atoms with van der Waals surface area (Å²) < 4.78 is 4.88. The van der Waals surface area contributed by atoms with Crippen LogP contribution in [-0.2, 0) is 13.1 Å². The summed E-state index contributed by atoms with van der Waals surface area (Å²) in [5.41, 5.74) is 0. The minimum Gasteiger partial charge on any atom is -0.234 e. The summed E-state index contributed by atoms with van der Waals surface area (Å²) in [7, 11) is 0. The number of unbranched alkanes of at least 4 members (excludes halogenated alkanes) is 13. The fourth-order valence-electron chi connectivity index (χ4n) is 4.08. The van der Waals surface area contributed by atoms with Crippen molar-refractivity contribution in [2.45, 2.75) is 137 Å². The molecule has 0 aromatic carbocycles. The van der Waals surface area contributed by atoms with Gasteiger partial charge in [0.15, 0.2) is 0 Å². The van der Waals surface area contributed by atoms with Crippen molar-refractivity contribution in [2.75, 3.05) is 0 Å². The van der Waals surface area contributed by atoms with Crippen LogP contribution in [0, 0.1) is 0 Å². The van der Waals surface area contributed by atoms with Gasteiger partial charge in [-0.2, -0.15) is 0 Å². The fourth-order valence-corrected chi connectivity index (χ4v) is 4.08. The second-order valence-corrected chi connectivity index (χ2v) is 8.39. The van der Waals surface area contributed by atoms with E-state index in [2.05, 4.69) is 49.2 Å². The smallest absolute Gasteiger partial charge is 0.234 e. The van der Waals surface area contributed by atoms with Gasteiger partial charge in [0.05, 0.1) is 19.0 Å². The van der Waals surface area contributed by atoms with Crippen molar-refractivity contribution >= 4 is 0 Å². The Morgan fingerprint density at radius 1 is 0.731 bits per heavy atom. The predicted molar refractivity (Wildman–Crippen MR) is 115 cm³/mol. The lowest BCUT2D eigenvalue weighted by Gasteiger charge is -2.07. The summed E-state index contributed by atoms with van der Waals surface area (Å²) in [6.45, 7) is 11.4. The Bertz CT molecular complexity index is 433. The zero-order valence-corrected chi connectivity index (χ0v) is 18.4. The lowest BCUT2D eigenvalue weighted by molar-refractivity contribution is -0.705. The molecule has 1 aromatic rings. The molecule has 1 aromatic heterocycles. The third kappa shape index (κ3) is 9.78. The minimum atomic E-state index is 0.608. The van der Waals surface area contributed by atoms with Crippen LogP contribution < -0.4 is 4.57 Å². The molecule has 0 atom stereocenters. The molecule has 0 aliphatic heterocycles. The molecule has 26 heavy (non-hydrogen) atoms. The van der Waals surface area contributed by atoms with Crippen LogP contribution in [0.25, 0.3) is 0 Å². The van der Waals surface area contributed by atoms with Gasteiger partial charge in [0.2, 0.25) is 0 Å². The molecule has 0 aliphatic rings. The van der Waals surface area contributed by atoms with Crippen LogP contribution in [0.2, 0.25) is 0 Å². The van der Waals surface area contributed by atoms with E-state index >= 15 is 0 Å². The number of imidazole rings is 1. The van der Waals surface area contributed by atoms with Crippen LogP contribution in [0.3, 0.4) is 0 Å². The SMILES string of the molecule is CCCCCCCCCCCCCCCC[n+]1ccn(CC)c1C(C)C. The zero-order valence-electron chi connectivity index (χ0n) is 18.4. The van der Waals surface area contributed by atoms with Gasteiger partial charge < -0.3 is 0 Å². The first-order valence-corrected chi connectivity index (χ1v) is 11.8. The van der Waals surface area contributed by atoms with E-state index in [1.54, 1.807) is 0 Å². The Kier molecular flexibility index (Phi) is 13.7. The Hall–Kier alpha value is -0.790. The Labute approximate surface area is 164 Å². The van der Waals surface area contributed by atoms with E-state index in [9.17, 15) is 0 Å². The average Bonchev–Trinajstić information content (AvgIpc) is 3.05. The van der Waals surface area contributed by atoms with E-state index in [0.717, 1.165) is 6.54 Å². The van der Waals surface area contributed by atoms with E-state index in [1.165, 1.54) is 102 Å². The number of hydrogen-bond donors (Lipinski definition) is 0. The molecule has 0 radical (unpaired) electrons. The lowest BCUT2D eigenvalue weighted by atomic mass is 10.0. The van der Waals surface area contributed by atoms with Gasteiger partial charge in [-0.3, -0.25) is 0 Å². The second-order valence-electron chi connectivity index (χ2n) is 8.39. The first-order chi connectivity index (χ1) is 12.7. The first-order valence-electron chi connectivity index (χ1n) is 11.8. The standard InChI is InChI=1S/C24H47N2/c1-5-7-8-9-10-11-12-13-14-15-16-17-18-19-20-26-22-21-25(6-2)24(26)23(3)4/h21-23H,5-20H2,1-4H3/q+1. The summed E-state index contributed by atoms with van der Waals surface area (Å²) in [5, 5.41) is 0. The highest BCUT2D eigenvalue weighted by Gasteiger charge is 2.18. The molecule has 0 unspecified atom stereocenters. The number of aryl methyl sites for hydroxylation is 2. The lowest BCUT2D eigenvalue weighted by Crippen LogP contribution is -2.38. The van der Waals surface area contributed by atoms with Crippen molar-refractivity contribution in [3.63, 3.8) is 0 Å². The van der Waals surface area contributed by atoms with Gasteiger partial charge in [0, 0.05) is 0 Å². The highest BCUT2D eigenvalue weighted by atomic mass is 15.1. The molecule has 0 saturated heterocycles. The van der Waals surface area contributed by atoms with E-state index < -0.39 is 0 Å². The molecule has 0 N–H and O–H groups in total. The number of aromatic nitrogens is 2. The van der Waals surface area contributed by atoms with E-state index in [-0.39, 0.29) is 0 Å². The maximum absolute atomic E-state index is 2.48. The minimum absolute atomic E-state index is 0.608. The van der Waals surface area contributed by atoms with E-state index in [4.69, 9.17) is 0 Å². The monoisotopic (exact) mass is 363 g/mol. The number of nitrogens with zero attached hydrogens (tertiary/aromatic N) is 2. The molecule has 0 bridgehead atoms. The van der Waals surface area contributed by atoms with Crippen LogP contribution in [0.1, 0.15) is 129 Å². The normalized spacial score (nSPS) is 11.6. The summed E-state index contributed by atoms with van der Waals surface area (Å²) in [6.07, 6.45) is 24.6. The van der Waals surface area contributed by atoms with Gasteiger partial charge in [0.1, 0.15) is 12.4 Å². The molecule has 0 fully saturated rings. The second kappa shape index (κ2) is 15.3. The van der Waals surface area contributed by atoms with Gasteiger partial charge in [-0.1, -0.05) is 97.8 Å². The van der Waals surface area contributed by atoms with Crippen molar-refractivity contribution in [3.05, 3.63) is 18.2 Å². The molecule has 2 heteroatoms. The van der Waals surface area contributed by atoms with Gasteiger partial charge in [0.25, 0.3) is 5.82 Å². The van der Waals surface area contributed by atoms with Crippen LogP contribution >= 0.6 is 0 Å². The summed E-state index contributed by atoms with van der Waals surface area (Å²) in [5.74, 6) is 2.10. The van der Waals surface area contributed by atoms with Gasteiger partial charge in [-0.25, -0.2) is 9.13 Å². The average molecular weight is 364 g/mol. The van der Waals surface area contributed by atoms with Gasteiger partial charge in [-0.05, 0) is 19.8 Å². The van der Waals surface area contributed by atoms with Crippen LogP contribution in [0.5, 0.6) is 0 Å². The molecule has 152 valence electrons. The molecular formula is C24H47N2+. The summed E-state index contributed by atoms with van der Waals surface area (Å²) in [6, 6.07) is 0. The van der Waals surface area contributed by atoms with Crippen LogP contribution in [-0.4, -0.2) is 4.57 Å². The van der Waals surface area contributed by atoms with Crippen molar-refractivity contribution < 1.29 is 4.57 Å². The van der Waals surface area contributed by atoms with E-state index in [1.807, 2.05) is 0 Å². The molecule has 0 aliphatic carbocycles. The molecule has 1 rings (SSSR count). The Balaban J connectivity index is 1.95. The number of hydrogen-bond acceptors (Lipinski definition) is 0. The molecular weight excluding hydrogens is 316 g/mol.